The Morgan fingerprint density at radius 3 is 2.54 bits per heavy atom. The number of nitrogens with one attached hydrogen (secondary N) is 2. The van der Waals surface area contributed by atoms with E-state index in [0.717, 1.165) is 30.6 Å². The number of hydrogen-bond acceptors (Lipinski definition) is 8. The van der Waals surface area contributed by atoms with E-state index >= 15 is 0 Å². The van der Waals surface area contributed by atoms with E-state index in [1.54, 1.807) is 19.1 Å². The molecular weight excluding hydrogens is 498 g/mol. The van der Waals surface area contributed by atoms with Gasteiger partial charge < -0.3 is 19.9 Å². The summed E-state index contributed by atoms with van der Waals surface area (Å²) in [6.45, 7) is 7.42. The molecule has 11 heteroatoms. The molecule has 0 bridgehead atoms. The van der Waals surface area contributed by atoms with Crippen molar-refractivity contribution in [3.05, 3.63) is 24.3 Å². The van der Waals surface area contributed by atoms with Crippen molar-refractivity contribution in [3.63, 3.8) is 0 Å². The fourth-order valence-electron chi connectivity index (χ4n) is 3.86. The Morgan fingerprint density at radius 2 is 1.86 bits per heavy atom. The summed E-state index contributed by atoms with van der Waals surface area (Å²) in [7, 11) is 0. The van der Waals surface area contributed by atoms with Crippen LogP contribution >= 0.6 is 11.8 Å². The lowest BCUT2D eigenvalue weighted by atomic mass is 10.1. The SMILES string of the molecule is CCOC(=O)[C@@H](CCCCCCNC(=O)OC(C)(C)C)N[C@H]1CSc2ccccc2N(CC(=O)O)C1=O. The summed E-state index contributed by atoms with van der Waals surface area (Å²) >= 11 is 1.45. The van der Waals surface area contributed by atoms with Gasteiger partial charge in [-0.15, -0.1) is 11.8 Å². The lowest BCUT2D eigenvalue weighted by Crippen LogP contribution is -2.54. The molecule has 2 rings (SSSR count). The van der Waals surface area contributed by atoms with Crippen molar-refractivity contribution in [1.82, 2.24) is 10.6 Å². The van der Waals surface area contributed by atoms with Crippen LogP contribution in [0.4, 0.5) is 10.5 Å². The third-order valence-corrected chi connectivity index (χ3v) is 6.64. The summed E-state index contributed by atoms with van der Waals surface area (Å²) in [6, 6.07) is 5.75. The van der Waals surface area contributed by atoms with Gasteiger partial charge in [0.25, 0.3) is 0 Å². The van der Waals surface area contributed by atoms with Crippen molar-refractivity contribution < 1.29 is 33.8 Å². The highest BCUT2D eigenvalue weighted by molar-refractivity contribution is 7.99. The number of fused-ring (bicyclic) bond motifs is 1. The minimum atomic E-state index is -1.11. The second kappa shape index (κ2) is 14.8. The highest BCUT2D eigenvalue weighted by Gasteiger charge is 2.34. The van der Waals surface area contributed by atoms with Gasteiger partial charge in [-0.2, -0.15) is 0 Å². The molecule has 0 radical (unpaired) electrons. The van der Waals surface area contributed by atoms with E-state index in [-0.39, 0.29) is 12.5 Å². The predicted octanol–water partition coefficient (Wildman–Crippen LogP) is 3.58. The number of nitrogens with zero attached hydrogens (tertiary/aromatic N) is 1. The third-order valence-electron chi connectivity index (χ3n) is 5.48. The monoisotopic (exact) mass is 537 g/mol. The zero-order valence-electron chi connectivity index (χ0n) is 22.1. The normalized spacial score (nSPS) is 16.4. The van der Waals surface area contributed by atoms with Gasteiger partial charge >= 0.3 is 18.0 Å². The standard InChI is InChI=1S/C26H39N3O7S/c1-5-35-24(33)18(12-8-6-7-11-15-27-25(34)36-26(2,3)4)28-19-17-37-21-14-10-9-13-20(21)29(23(19)32)16-22(30)31/h9-10,13-14,18-19,28H,5-8,11-12,15-17H2,1-4H3,(H,27,34)(H,30,31)/t18-,19+/m1/s1. The van der Waals surface area contributed by atoms with Crippen molar-refractivity contribution >= 4 is 41.4 Å². The summed E-state index contributed by atoms with van der Waals surface area (Å²) in [4.78, 5) is 51.3. The molecule has 0 aromatic heterocycles. The number of carbonyl (C=O) groups is 4. The molecule has 37 heavy (non-hydrogen) atoms. The number of alkyl carbamates (subject to hydrolysis) is 1. The second-order valence-corrected chi connectivity index (χ2v) is 10.8. The number of para-hydroxylation sites is 1. The van der Waals surface area contributed by atoms with E-state index in [4.69, 9.17) is 9.47 Å². The number of carboxylic acid groups (broad SMARTS) is 1. The van der Waals surface area contributed by atoms with Gasteiger partial charge in [0, 0.05) is 17.2 Å². The Labute approximate surface area is 222 Å². The number of thioether (sulfide) groups is 1. The minimum absolute atomic E-state index is 0.220. The molecule has 0 unspecified atom stereocenters. The smallest absolute Gasteiger partial charge is 0.407 e. The average molecular weight is 538 g/mol. The Bertz CT molecular complexity index is 935. The number of aliphatic carboxylic acids is 1. The van der Waals surface area contributed by atoms with Gasteiger partial charge in [0.15, 0.2) is 0 Å². The van der Waals surface area contributed by atoms with E-state index in [0.29, 0.717) is 24.4 Å². The van der Waals surface area contributed by atoms with Gasteiger partial charge in [0.1, 0.15) is 18.2 Å². The number of carboxylic acids is 1. The number of rotatable bonds is 13. The summed E-state index contributed by atoms with van der Waals surface area (Å²) < 4.78 is 10.4. The van der Waals surface area contributed by atoms with Crippen LogP contribution in [0.1, 0.15) is 59.8 Å². The Hall–Kier alpha value is -2.79. The molecule has 0 saturated heterocycles. The van der Waals surface area contributed by atoms with Crippen LogP contribution < -0.4 is 15.5 Å². The number of esters is 1. The van der Waals surface area contributed by atoms with Gasteiger partial charge in [0.2, 0.25) is 5.91 Å². The highest BCUT2D eigenvalue weighted by atomic mass is 32.2. The van der Waals surface area contributed by atoms with E-state index < -0.39 is 42.3 Å². The number of ether oxygens (including phenoxy) is 2. The molecular formula is C26H39N3O7S. The maximum Gasteiger partial charge on any atom is 0.407 e. The van der Waals surface area contributed by atoms with Crippen LogP contribution in [-0.2, 0) is 23.9 Å². The molecule has 2 atom stereocenters. The molecule has 0 spiro atoms. The van der Waals surface area contributed by atoms with Crippen molar-refractivity contribution in [2.75, 3.05) is 30.3 Å². The number of anilines is 1. The predicted molar refractivity (Wildman–Crippen MR) is 142 cm³/mol. The zero-order chi connectivity index (χ0) is 27.4. The Morgan fingerprint density at radius 1 is 1.16 bits per heavy atom. The van der Waals surface area contributed by atoms with E-state index in [2.05, 4.69) is 10.6 Å². The molecule has 10 nitrogen and oxygen atoms in total. The van der Waals surface area contributed by atoms with Crippen LogP contribution in [0.5, 0.6) is 0 Å². The summed E-state index contributed by atoms with van der Waals surface area (Å²) in [5.74, 6) is -1.57. The number of unbranched alkanes of at least 4 members (excludes halogenated alkanes) is 3. The maximum absolute atomic E-state index is 13.3. The molecule has 1 aliphatic heterocycles. The highest BCUT2D eigenvalue weighted by Crippen LogP contribution is 2.34. The van der Waals surface area contributed by atoms with Gasteiger partial charge in [-0.3, -0.25) is 24.6 Å². The van der Waals surface area contributed by atoms with Crippen molar-refractivity contribution in [1.29, 1.82) is 0 Å². The molecule has 0 saturated carbocycles. The third kappa shape index (κ3) is 10.6. The molecule has 206 valence electrons. The first-order chi connectivity index (χ1) is 17.5. The van der Waals surface area contributed by atoms with Crippen LogP contribution in [-0.4, -0.2) is 72.2 Å². The molecule has 1 aliphatic rings. The number of hydrogen-bond donors (Lipinski definition) is 3. The molecule has 0 fully saturated rings. The molecule has 2 amide bonds. The zero-order valence-corrected chi connectivity index (χ0v) is 22.9. The van der Waals surface area contributed by atoms with Crippen LogP contribution in [0.15, 0.2) is 29.2 Å². The average Bonchev–Trinajstić information content (AvgIpc) is 2.93. The van der Waals surface area contributed by atoms with Crippen molar-refractivity contribution in [2.45, 2.75) is 82.4 Å². The van der Waals surface area contributed by atoms with Crippen molar-refractivity contribution in [2.24, 2.45) is 0 Å². The van der Waals surface area contributed by atoms with E-state index in [9.17, 15) is 24.3 Å². The molecule has 1 aromatic rings. The first-order valence-electron chi connectivity index (χ1n) is 12.7. The minimum Gasteiger partial charge on any atom is -0.480 e. The quantitative estimate of drug-likeness (QED) is 0.255. The van der Waals surface area contributed by atoms with Crippen LogP contribution in [0.2, 0.25) is 0 Å². The van der Waals surface area contributed by atoms with Gasteiger partial charge in [-0.05, 0) is 52.7 Å². The summed E-state index contributed by atoms with van der Waals surface area (Å²) in [5.41, 5.74) is 0.0148. The largest absolute Gasteiger partial charge is 0.480 e. The van der Waals surface area contributed by atoms with Crippen molar-refractivity contribution in [3.8, 4) is 0 Å². The maximum atomic E-state index is 13.3. The lowest BCUT2D eigenvalue weighted by Gasteiger charge is -2.27. The molecule has 3 N–H and O–H groups in total. The van der Waals surface area contributed by atoms with E-state index in [1.807, 2.05) is 32.9 Å². The molecule has 1 heterocycles. The topological polar surface area (TPSA) is 134 Å². The van der Waals surface area contributed by atoms with Crippen LogP contribution in [0.3, 0.4) is 0 Å². The first kappa shape index (κ1) is 30.4. The Balaban J connectivity index is 1.92. The summed E-state index contributed by atoms with van der Waals surface area (Å²) in [5, 5.41) is 15.3. The number of benzene rings is 1. The van der Waals surface area contributed by atoms with Gasteiger partial charge in [-0.1, -0.05) is 31.4 Å². The van der Waals surface area contributed by atoms with Crippen LogP contribution in [0.25, 0.3) is 0 Å². The fraction of sp³-hybridized carbons (Fsp3) is 0.615. The Kier molecular flexibility index (Phi) is 12.2. The molecule has 1 aromatic carbocycles. The van der Waals surface area contributed by atoms with Gasteiger partial charge in [-0.25, -0.2) is 4.79 Å². The summed E-state index contributed by atoms with van der Waals surface area (Å²) in [6.07, 6.45) is 3.21. The number of amides is 2. The lowest BCUT2D eigenvalue weighted by molar-refractivity contribution is -0.146. The van der Waals surface area contributed by atoms with Gasteiger partial charge in [0.05, 0.1) is 18.3 Å². The second-order valence-electron chi connectivity index (χ2n) is 9.75. The van der Waals surface area contributed by atoms with E-state index in [1.165, 1.54) is 16.7 Å². The number of carbonyl (C=O) groups excluding carboxylic acids is 3. The molecule has 0 aliphatic carbocycles. The first-order valence-corrected chi connectivity index (χ1v) is 13.6. The van der Waals surface area contributed by atoms with Crippen LogP contribution in [0, 0.1) is 0 Å². The fourth-order valence-corrected chi connectivity index (χ4v) is 4.94.